The van der Waals surface area contributed by atoms with Crippen molar-refractivity contribution in [3.05, 3.63) is 34.5 Å². The van der Waals surface area contributed by atoms with E-state index in [1.54, 1.807) is 0 Å². The first-order chi connectivity index (χ1) is 7.65. The second kappa shape index (κ2) is 3.60. The minimum atomic E-state index is 0.338. The van der Waals surface area contributed by atoms with Crippen LogP contribution in [0.1, 0.15) is 25.0 Å². The van der Waals surface area contributed by atoms with Gasteiger partial charge in [-0.15, -0.1) is 0 Å². The Bertz CT molecular complexity index is 534. The number of furan rings is 1. The lowest BCUT2D eigenvalue weighted by Gasteiger charge is -2.39. The Labute approximate surface area is 103 Å². The van der Waals surface area contributed by atoms with Crippen LogP contribution in [-0.4, -0.2) is 6.04 Å². The summed E-state index contributed by atoms with van der Waals surface area (Å²) in [6.45, 7) is 2.20. The van der Waals surface area contributed by atoms with E-state index in [2.05, 4.69) is 35.0 Å². The van der Waals surface area contributed by atoms with Crippen LogP contribution >= 0.6 is 15.9 Å². The Morgan fingerprint density at radius 1 is 1.38 bits per heavy atom. The number of nitrogens with two attached hydrogens (primary N) is 1. The van der Waals surface area contributed by atoms with Crippen molar-refractivity contribution in [2.24, 2.45) is 11.7 Å². The van der Waals surface area contributed by atoms with E-state index in [4.69, 9.17) is 10.2 Å². The lowest BCUT2D eigenvalue weighted by Crippen LogP contribution is -2.43. The predicted molar refractivity (Wildman–Crippen MR) is 68.4 cm³/mol. The van der Waals surface area contributed by atoms with E-state index in [9.17, 15) is 0 Å². The monoisotopic (exact) mass is 279 g/mol. The molecule has 0 saturated heterocycles. The molecule has 84 valence electrons. The van der Waals surface area contributed by atoms with Gasteiger partial charge in [0, 0.05) is 21.8 Å². The van der Waals surface area contributed by atoms with Crippen LogP contribution in [0.25, 0.3) is 11.0 Å². The maximum absolute atomic E-state index is 5.92. The lowest BCUT2D eigenvalue weighted by atomic mass is 9.69. The van der Waals surface area contributed by atoms with Crippen LogP contribution in [0.4, 0.5) is 0 Å². The highest BCUT2D eigenvalue weighted by Crippen LogP contribution is 2.43. The second-order valence-electron chi connectivity index (χ2n) is 4.70. The Hall–Kier alpha value is -0.800. The van der Waals surface area contributed by atoms with Crippen molar-refractivity contribution in [2.75, 3.05) is 0 Å². The van der Waals surface area contributed by atoms with Gasteiger partial charge in [0.1, 0.15) is 11.3 Å². The zero-order valence-corrected chi connectivity index (χ0v) is 10.7. The molecule has 3 unspecified atom stereocenters. The third-order valence-electron chi connectivity index (χ3n) is 3.70. The third-order valence-corrected chi connectivity index (χ3v) is 4.19. The topological polar surface area (TPSA) is 39.2 Å². The molecule has 2 N–H and O–H groups in total. The molecule has 3 rings (SSSR count). The minimum Gasteiger partial charge on any atom is -0.461 e. The van der Waals surface area contributed by atoms with Gasteiger partial charge in [-0.05, 0) is 36.6 Å². The van der Waals surface area contributed by atoms with Crippen molar-refractivity contribution in [3.63, 3.8) is 0 Å². The summed E-state index contributed by atoms with van der Waals surface area (Å²) >= 11 is 3.47. The first-order valence-electron chi connectivity index (χ1n) is 5.60. The van der Waals surface area contributed by atoms with Gasteiger partial charge in [-0.25, -0.2) is 0 Å². The molecule has 1 heterocycles. The van der Waals surface area contributed by atoms with E-state index in [1.165, 1.54) is 0 Å². The molecule has 1 aliphatic rings. The van der Waals surface area contributed by atoms with E-state index in [-0.39, 0.29) is 0 Å². The highest BCUT2D eigenvalue weighted by atomic mass is 79.9. The van der Waals surface area contributed by atoms with Gasteiger partial charge in [-0.3, -0.25) is 0 Å². The Morgan fingerprint density at radius 3 is 2.88 bits per heavy atom. The standard InChI is InChI=1S/C13H14BrNO/c1-7-10(6-11(7)15)13-5-8-4-9(14)2-3-12(8)16-13/h2-5,7,10-11H,6,15H2,1H3. The minimum absolute atomic E-state index is 0.338. The first kappa shape index (κ1) is 10.4. The van der Waals surface area contributed by atoms with Crippen LogP contribution in [0, 0.1) is 5.92 Å². The average Bonchev–Trinajstić information content (AvgIpc) is 2.67. The van der Waals surface area contributed by atoms with Gasteiger partial charge in [0.2, 0.25) is 0 Å². The molecule has 1 saturated carbocycles. The third kappa shape index (κ3) is 1.50. The molecule has 1 fully saturated rings. The molecule has 3 atom stereocenters. The van der Waals surface area contributed by atoms with E-state index >= 15 is 0 Å². The summed E-state index contributed by atoms with van der Waals surface area (Å²) in [5, 5.41) is 1.16. The quantitative estimate of drug-likeness (QED) is 0.866. The summed E-state index contributed by atoms with van der Waals surface area (Å²) in [6.07, 6.45) is 1.04. The Balaban J connectivity index is 2.00. The smallest absolute Gasteiger partial charge is 0.134 e. The fourth-order valence-electron chi connectivity index (χ4n) is 2.42. The average molecular weight is 280 g/mol. The number of rotatable bonds is 1. The van der Waals surface area contributed by atoms with Crippen molar-refractivity contribution in [1.29, 1.82) is 0 Å². The molecule has 16 heavy (non-hydrogen) atoms. The number of hydrogen-bond acceptors (Lipinski definition) is 2. The van der Waals surface area contributed by atoms with Crippen molar-refractivity contribution < 1.29 is 4.42 Å². The van der Waals surface area contributed by atoms with Crippen LogP contribution in [0.3, 0.4) is 0 Å². The molecule has 2 aromatic rings. The fourth-order valence-corrected chi connectivity index (χ4v) is 2.80. The van der Waals surface area contributed by atoms with Crippen molar-refractivity contribution >= 4 is 26.9 Å². The molecular weight excluding hydrogens is 266 g/mol. The van der Waals surface area contributed by atoms with Crippen LogP contribution in [-0.2, 0) is 0 Å². The summed E-state index contributed by atoms with van der Waals surface area (Å²) in [6, 6.07) is 8.58. The van der Waals surface area contributed by atoms with Crippen LogP contribution in [0.15, 0.2) is 33.2 Å². The van der Waals surface area contributed by atoms with Crippen molar-refractivity contribution in [3.8, 4) is 0 Å². The molecule has 0 bridgehead atoms. The maximum atomic E-state index is 5.92. The Kier molecular flexibility index (Phi) is 2.33. The highest BCUT2D eigenvalue weighted by molar-refractivity contribution is 9.10. The van der Waals surface area contributed by atoms with Crippen LogP contribution < -0.4 is 5.73 Å². The summed E-state index contributed by atoms with van der Waals surface area (Å²) in [5.74, 6) is 2.12. The number of benzene rings is 1. The van der Waals surface area contributed by atoms with E-state index in [0.717, 1.165) is 27.6 Å². The van der Waals surface area contributed by atoms with Gasteiger partial charge < -0.3 is 10.2 Å². The summed E-state index contributed by atoms with van der Waals surface area (Å²) in [5.41, 5.74) is 6.88. The molecule has 2 nitrogen and oxygen atoms in total. The zero-order valence-electron chi connectivity index (χ0n) is 9.11. The van der Waals surface area contributed by atoms with E-state index < -0.39 is 0 Å². The maximum Gasteiger partial charge on any atom is 0.134 e. The van der Waals surface area contributed by atoms with E-state index in [1.807, 2.05) is 12.1 Å². The van der Waals surface area contributed by atoms with Gasteiger partial charge in [0.25, 0.3) is 0 Å². The molecular formula is C13H14BrNO. The number of hydrogen-bond donors (Lipinski definition) is 1. The molecule has 0 spiro atoms. The molecule has 0 amide bonds. The van der Waals surface area contributed by atoms with Gasteiger partial charge >= 0.3 is 0 Å². The van der Waals surface area contributed by atoms with Crippen molar-refractivity contribution in [1.82, 2.24) is 0 Å². The second-order valence-corrected chi connectivity index (χ2v) is 5.61. The molecule has 0 aliphatic heterocycles. The predicted octanol–water partition coefficient (Wildman–Crippen LogP) is 3.65. The van der Waals surface area contributed by atoms with Gasteiger partial charge in [-0.2, -0.15) is 0 Å². The van der Waals surface area contributed by atoms with Crippen molar-refractivity contribution in [2.45, 2.75) is 25.3 Å². The molecule has 1 aliphatic carbocycles. The fraction of sp³-hybridized carbons (Fsp3) is 0.385. The lowest BCUT2D eigenvalue weighted by molar-refractivity contribution is 0.201. The number of fused-ring (bicyclic) bond motifs is 1. The van der Waals surface area contributed by atoms with Crippen LogP contribution in [0.2, 0.25) is 0 Å². The summed E-state index contributed by atoms with van der Waals surface area (Å²) in [7, 11) is 0. The Morgan fingerprint density at radius 2 is 2.19 bits per heavy atom. The molecule has 0 radical (unpaired) electrons. The van der Waals surface area contributed by atoms with Gasteiger partial charge in [-0.1, -0.05) is 22.9 Å². The summed E-state index contributed by atoms with van der Waals surface area (Å²) < 4.78 is 6.96. The van der Waals surface area contributed by atoms with E-state index in [0.29, 0.717) is 17.9 Å². The molecule has 1 aromatic carbocycles. The molecule has 1 aromatic heterocycles. The first-order valence-corrected chi connectivity index (χ1v) is 6.39. The normalized spacial score (nSPS) is 29.3. The number of halogens is 1. The van der Waals surface area contributed by atoms with Gasteiger partial charge in [0.15, 0.2) is 0 Å². The highest BCUT2D eigenvalue weighted by Gasteiger charge is 2.38. The van der Waals surface area contributed by atoms with Gasteiger partial charge in [0.05, 0.1) is 0 Å². The summed E-state index contributed by atoms with van der Waals surface area (Å²) in [4.78, 5) is 0. The zero-order chi connectivity index (χ0) is 11.3. The SMILES string of the molecule is CC1C(N)CC1c1cc2cc(Br)ccc2o1. The van der Waals surface area contributed by atoms with Crippen LogP contribution in [0.5, 0.6) is 0 Å². The molecule has 3 heteroatoms. The largest absolute Gasteiger partial charge is 0.461 e.